The average Bonchev–Trinajstić information content (AvgIpc) is 2.53. The molecule has 0 N–H and O–H groups in total. The lowest BCUT2D eigenvalue weighted by Crippen LogP contribution is -2.31. The minimum Gasteiger partial charge on any atom is -0.484 e. The monoisotopic (exact) mass is 280 g/mol. The molecule has 0 heterocycles. The van der Waals surface area contributed by atoms with Gasteiger partial charge in [0.05, 0.1) is 11.6 Å². The largest absolute Gasteiger partial charge is 0.484 e. The van der Waals surface area contributed by atoms with Crippen LogP contribution in [0.25, 0.3) is 0 Å². The molecule has 0 radical (unpaired) electrons. The molecule has 0 aliphatic heterocycles. The van der Waals surface area contributed by atoms with E-state index in [1.54, 1.807) is 36.2 Å². The third-order valence-electron chi connectivity index (χ3n) is 3.14. The Hall–Kier alpha value is -2.80. The van der Waals surface area contributed by atoms with Crippen LogP contribution in [0.3, 0.4) is 0 Å². The molecule has 2 rings (SSSR count). The van der Waals surface area contributed by atoms with Gasteiger partial charge in [0.25, 0.3) is 5.91 Å². The van der Waals surface area contributed by atoms with E-state index in [4.69, 9.17) is 10.00 Å². The number of amides is 1. The SMILES string of the molecule is Cc1ccc(N(C)C(=O)COc2ccc(C#N)cc2)cc1. The molecule has 0 fully saturated rings. The van der Waals surface area contributed by atoms with Gasteiger partial charge in [-0.05, 0) is 43.3 Å². The van der Waals surface area contributed by atoms with Gasteiger partial charge in [-0.1, -0.05) is 17.7 Å². The topological polar surface area (TPSA) is 53.3 Å². The van der Waals surface area contributed by atoms with Gasteiger partial charge in [0.15, 0.2) is 6.61 Å². The Morgan fingerprint density at radius 1 is 1.14 bits per heavy atom. The molecule has 0 spiro atoms. The number of anilines is 1. The van der Waals surface area contributed by atoms with Crippen molar-refractivity contribution in [2.24, 2.45) is 0 Å². The number of nitriles is 1. The van der Waals surface area contributed by atoms with Crippen molar-refractivity contribution in [3.8, 4) is 11.8 Å². The van der Waals surface area contributed by atoms with Crippen LogP contribution in [0.4, 0.5) is 5.69 Å². The zero-order chi connectivity index (χ0) is 15.2. The average molecular weight is 280 g/mol. The summed E-state index contributed by atoms with van der Waals surface area (Å²) in [6, 6.07) is 16.4. The number of rotatable bonds is 4. The number of likely N-dealkylation sites (N-methyl/N-ethyl adjacent to an activating group) is 1. The van der Waals surface area contributed by atoms with Gasteiger partial charge < -0.3 is 9.64 Å². The summed E-state index contributed by atoms with van der Waals surface area (Å²) in [5.41, 5.74) is 2.54. The molecular formula is C17H16N2O2. The Morgan fingerprint density at radius 2 is 1.76 bits per heavy atom. The molecule has 4 nitrogen and oxygen atoms in total. The standard InChI is InChI=1S/C17H16N2O2/c1-13-3-7-15(8-4-13)19(2)17(20)12-21-16-9-5-14(11-18)6-10-16/h3-10H,12H2,1-2H3. The number of benzene rings is 2. The van der Waals surface area contributed by atoms with Crippen LogP contribution in [0.2, 0.25) is 0 Å². The molecule has 0 saturated heterocycles. The summed E-state index contributed by atoms with van der Waals surface area (Å²) in [6.07, 6.45) is 0. The molecule has 0 aliphatic carbocycles. The van der Waals surface area contributed by atoms with Crippen LogP contribution in [0, 0.1) is 18.3 Å². The Bertz CT molecular complexity index is 655. The summed E-state index contributed by atoms with van der Waals surface area (Å²) in [5.74, 6) is 0.433. The van der Waals surface area contributed by atoms with Crippen LogP contribution in [-0.4, -0.2) is 19.6 Å². The van der Waals surface area contributed by atoms with Crippen molar-refractivity contribution in [2.45, 2.75) is 6.92 Å². The number of ether oxygens (including phenoxy) is 1. The smallest absolute Gasteiger partial charge is 0.264 e. The number of hydrogen-bond donors (Lipinski definition) is 0. The van der Waals surface area contributed by atoms with Crippen molar-refractivity contribution in [3.05, 3.63) is 59.7 Å². The van der Waals surface area contributed by atoms with Crippen molar-refractivity contribution < 1.29 is 9.53 Å². The molecule has 1 amide bonds. The van der Waals surface area contributed by atoms with E-state index in [0.29, 0.717) is 11.3 Å². The summed E-state index contributed by atoms with van der Waals surface area (Å²) in [7, 11) is 1.72. The molecule has 0 aliphatic rings. The van der Waals surface area contributed by atoms with Crippen LogP contribution in [0.15, 0.2) is 48.5 Å². The zero-order valence-electron chi connectivity index (χ0n) is 12.0. The van der Waals surface area contributed by atoms with E-state index < -0.39 is 0 Å². The molecule has 0 unspecified atom stereocenters. The van der Waals surface area contributed by atoms with Gasteiger partial charge in [-0.15, -0.1) is 0 Å². The van der Waals surface area contributed by atoms with E-state index in [1.165, 1.54) is 0 Å². The summed E-state index contributed by atoms with van der Waals surface area (Å²) in [6.45, 7) is 1.95. The Balaban J connectivity index is 1.94. The first-order valence-electron chi connectivity index (χ1n) is 6.56. The fourth-order valence-corrected chi connectivity index (χ4v) is 1.78. The van der Waals surface area contributed by atoms with Crippen molar-refractivity contribution in [1.82, 2.24) is 0 Å². The van der Waals surface area contributed by atoms with Gasteiger partial charge in [-0.3, -0.25) is 4.79 Å². The van der Waals surface area contributed by atoms with E-state index in [-0.39, 0.29) is 12.5 Å². The van der Waals surface area contributed by atoms with Crippen molar-refractivity contribution in [3.63, 3.8) is 0 Å². The lowest BCUT2D eigenvalue weighted by Gasteiger charge is -2.17. The van der Waals surface area contributed by atoms with Gasteiger partial charge in [-0.25, -0.2) is 0 Å². The predicted octanol–water partition coefficient (Wildman–Crippen LogP) is 2.91. The molecule has 0 aromatic heterocycles. The summed E-state index contributed by atoms with van der Waals surface area (Å²) in [5, 5.41) is 8.71. The first-order valence-corrected chi connectivity index (χ1v) is 6.56. The predicted molar refractivity (Wildman–Crippen MR) is 81.2 cm³/mol. The molecular weight excluding hydrogens is 264 g/mol. The summed E-state index contributed by atoms with van der Waals surface area (Å²) >= 11 is 0. The molecule has 4 heteroatoms. The molecule has 2 aromatic carbocycles. The van der Waals surface area contributed by atoms with Crippen LogP contribution in [0.1, 0.15) is 11.1 Å². The molecule has 106 valence electrons. The number of carbonyl (C=O) groups excluding carboxylic acids is 1. The maximum absolute atomic E-state index is 12.1. The van der Waals surface area contributed by atoms with Gasteiger partial charge >= 0.3 is 0 Å². The van der Waals surface area contributed by atoms with Gasteiger partial charge in [0.2, 0.25) is 0 Å². The maximum atomic E-state index is 12.1. The highest BCUT2D eigenvalue weighted by molar-refractivity contribution is 5.93. The molecule has 21 heavy (non-hydrogen) atoms. The Kier molecular flexibility index (Phi) is 4.57. The van der Waals surface area contributed by atoms with Gasteiger partial charge in [-0.2, -0.15) is 5.26 Å². The highest BCUT2D eigenvalue weighted by atomic mass is 16.5. The van der Waals surface area contributed by atoms with E-state index in [2.05, 4.69) is 0 Å². The van der Waals surface area contributed by atoms with Crippen LogP contribution in [-0.2, 0) is 4.79 Å². The van der Waals surface area contributed by atoms with Crippen molar-refractivity contribution >= 4 is 11.6 Å². The number of nitrogens with zero attached hydrogens (tertiary/aromatic N) is 2. The van der Waals surface area contributed by atoms with Gasteiger partial charge in [0, 0.05) is 12.7 Å². The lowest BCUT2D eigenvalue weighted by molar-refractivity contribution is -0.120. The second kappa shape index (κ2) is 6.58. The zero-order valence-corrected chi connectivity index (χ0v) is 12.0. The van der Waals surface area contributed by atoms with E-state index >= 15 is 0 Å². The highest BCUT2D eigenvalue weighted by Gasteiger charge is 2.11. The van der Waals surface area contributed by atoms with Crippen molar-refractivity contribution in [1.29, 1.82) is 5.26 Å². The normalized spacial score (nSPS) is 9.76. The third kappa shape index (κ3) is 3.83. The maximum Gasteiger partial charge on any atom is 0.264 e. The Labute approximate surface area is 124 Å². The third-order valence-corrected chi connectivity index (χ3v) is 3.14. The second-order valence-electron chi connectivity index (χ2n) is 4.71. The first-order chi connectivity index (χ1) is 10.1. The quantitative estimate of drug-likeness (QED) is 0.865. The number of aryl methyl sites for hydroxylation is 1. The van der Waals surface area contributed by atoms with E-state index in [1.807, 2.05) is 37.3 Å². The summed E-state index contributed by atoms with van der Waals surface area (Å²) in [4.78, 5) is 13.6. The second-order valence-corrected chi connectivity index (χ2v) is 4.71. The Morgan fingerprint density at radius 3 is 2.33 bits per heavy atom. The van der Waals surface area contributed by atoms with Crippen molar-refractivity contribution in [2.75, 3.05) is 18.6 Å². The lowest BCUT2D eigenvalue weighted by atomic mass is 10.2. The molecule has 0 bridgehead atoms. The van der Waals surface area contributed by atoms with E-state index in [0.717, 1.165) is 11.3 Å². The fraction of sp³-hybridized carbons (Fsp3) is 0.176. The summed E-state index contributed by atoms with van der Waals surface area (Å²) < 4.78 is 5.43. The van der Waals surface area contributed by atoms with Crippen LogP contribution in [0.5, 0.6) is 5.75 Å². The molecule has 2 aromatic rings. The molecule has 0 saturated carbocycles. The van der Waals surface area contributed by atoms with Crippen LogP contribution < -0.4 is 9.64 Å². The molecule has 0 atom stereocenters. The number of hydrogen-bond acceptors (Lipinski definition) is 3. The minimum absolute atomic E-state index is 0.0454. The van der Waals surface area contributed by atoms with Gasteiger partial charge in [0.1, 0.15) is 5.75 Å². The number of carbonyl (C=O) groups is 1. The van der Waals surface area contributed by atoms with Crippen LogP contribution >= 0.6 is 0 Å². The fourth-order valence-electron chi connectivity index (χ4n) is 1.78. The minimum atomic E-state index is -0.136. The first kappa shape index (κ1) is 14.6. The highest BCUT2D eigenvalue weighted by Crippen LogP contribution is 2.15. The van der Waals surface area contributed by atoms with E-state index in [9.17, 15) is 4.79 Å².